The first-order valence-electron chi connectivity index (χ1n) is 10.3. The van der Waals surface area contributed by atoms with Crippen molar-refractivity contribution in [3.8, 4) is 0 Å². The normalized spacial score (nSPS) is 15.3. The second-order valence-corrected chi connectivity index (χ2v) is 8.67. The second-order valence-electron chi connectivity index (χ2n) is 7.61. The Labute approximate surface area is 192 Å². The molecule has 4 aromatic rings. The maximum atomic E-state index is 13.6. The van der Waals surface area contributed by atoms with Gasteiger partial charge in [0.15, 0.2) is 0 Å². The smallest absolute Gasteiger partial charge is 0.270 e. The number of nitro groups is 1. The van der Waals surface area contributed by atoms with Crippen molar-refractivity contribution in [2.24, 2.45) is 0 Å². The zero-order chi connectivity index (χ0) is 22.9. The van der Waals surface area contributed by atoms with E-state index >= 15 is 0 Å². The lowest BCUT2D eigenvalue weighted by Gasteiger charge is -2.37. The van der Waals surface area contributed by atoms with Crippen LogP contribution in [0.15, 0.2) is 88.8 Å². The van der Waals surface area contributed by atoms with Crippen molar-refractivity contribution in [1.82, 2.24) is 9.55 Å². The number of aromatic nitrogens is 2. The first kappa shape index (κ1) is 20.9. The molecule has 0 spiro atoms. The number of carbonyl (C=O) groups excluding carboxylic acids is 1. The number of nitrogens with zero attached hydrogens (tertiary/aromatic N) is 4. The summed E-state index contributed by atoms with van der Waals surface area (Å²) in [5, 5.41) is 11.2. The van der Waals surface area contributed by atoms with Crippen molar-refractivity contribution in [2.45, 2.75) is 17.5 Å². The Morgan fingerprint density at radius 3 is 2.64 bits per heavy atom. The van der Waals surface area contributed by atoms with Gasteiger partial charge in [0.25, 0.3) is 11.2 Å². The highest BCUT2D eigenvalue weighted by Gasteiger charge is 2.32. The zero-order valence-electron chi connectivity index (χ0n) is 17.3. The predicted octanol–water partition coefficient (Wildman–Crippen LogP) is 4.18. The number of amides is 1. The van der Waals surface area contributed by atoms with Gasteiger partial charge in [-0.1, -0.05) is 42.5 Å². The van der Waals surface area contributed by atoms with Gasteiger partial charge in [0.1, 0.15) is 6.54 Å². The van der Waals surface area contributed by atoms with Gasteiger partial charge in [0, 0.05) is 22.8 Å². The van der Waals surface area contributed by atoms with Crippen LogP contribution in [0.3, 0.4) is 0 Å². The monoisotopic (exact) mass is 458 g/mol. The van der Waals surface area contributed by atoms with Crippen LogP contribution in [0.5, 0.6) is 0 Å². The molecule has 0 bridgehead atoms. The van der Waals surface area contributed by atoms with E-state index in [-0.39, 0.29) is 29.6 Å². The summed E-state index contributed by atoms with van der Waals surface area (Å²) in [7, 11) is 0. The van der Waals surface area contributed by atoms with E-state index < -0.39 is 10.5 Å². The Hall–Kier alpha value is -3.98. The number of non-ortho nitro benzene ring substituents is 1. The van der Waals surface area contributed by atoms with Crippen molar-refractivity contribution in [1.29, 1.82) is 0 Å². The summed E-state index contributed by atoms with van der Waals surface area (Å²) in [4.78, 5) is 44.2. The minimum absolute atomic E-state index is 0.105. The van der Waals surface area contributed by atoms with E-state index in [1.807, 2.05) is 54.6 Å². The molecule has 9 heteroatoms. The molecule has 1 atom stereocenters. The highest BCUT2D eigenvalue weighted by Crippen LogP contribution is 2.43. The minimum atomic E-state index is -0.561. The van der Waals surface area contributed by atoms with Gasteiger partial charge in [0.05, 0.1) is 33.9 Å². The highest BCUT2D eigenvalue weighted by molar-refractivity contribution is 7.99. The lowest BCUT2D eigenvalue weighted by atomic mass is 10.1. The van der Waals surface area contributed by atoms with E-state index in [0.29, 0.717) is 11.3 Å². The zero-order valence-corrected chi connectivity index (χ0v) is 18.1. The number of thioether (sulfide) groups is 1. The van der Waals surface area contributed by atoms with Crippen LogP contribution >= 0.6 is 11.8 Å². The van der Waals surface area contributed by atoms with E-state index in [9.17, 15) is 19.7 Å². The van der Waals surface area contributed by atoms with Gasteiger partial charge < -0.3 is 4.90 Å². The number of benzene rings is 3. The molecule has 0 fully saturated rings. The summed E-state index contributed by atoms with van der Waals surface area (Å²) >= 11 is 1.69. The minimum Gasteiger partial charge on any atom is -0.301 e. The molecule has 0 unspecified atom stereocenters. The average molecular weight is 458 g/mol. The number of nitro benzene ring substituents is 1. The summed E-state index contributed by atoms with van der Waals surface area (Å²) in [5.74, 6) is 0.425. The largest absolute Gasteiger partial charge is 0.301 e. The molecule has 8 nitrogen and oxygen atoms in total. The summed E-state index contributed by atoms with van der Waals surface area (Å²) in [6.07, 6.45) is 1.32. The number of rotatable bonds is 4. The molecule has 1 aliphatic heterocycles. The Balaban J connectivity index is 1.55. The molecular weight excluding hydrogens is 440 g/mol. The molecule has 0 N–H and O–H groups in total. The summed E-state index contributed by atoms with van der Waals surface area (Å²) in [6, 6.07) is 21.2. The lowest BCUT2D eigenvalue weighted by molar-refractivity contribution is -0.384. The van der Waals surface area contributed by atoms with Crippen LogP contribution in [0.25, 0.3) is 10.9 Å². The van der Waals surface area contributed by atoms with Crippen LogP contribution in [0.1, 0.15) is 11.6 Å². The fourth-order valence-corrected chi connectivity index (χ4v) is 5.18. The van der Waals surface area contributed by atoms with Crippen LogP contribution in [0, 0.1) is 10.1 Å². The van der Waals surface area contributed by atoms with Crippen LogP contribution in [0.2, 0.25) is 0 Å². The topological polar surface area (TPSA) is 98.3 Å². The first-order valence-corrected chi connectivity index (χ1v) is 11.2. The Morgan fingerprint density at radius 2 is 1.85 bits per heavy atom. The van der Waals surface area contributed by atoms with Gasteiger partial charge in [-0.05, 0) is 23.8 Å². The fraction of sp³-hybridized carbons (Fsp3) is 0.125. The van der Waals surface area contributed by atoms with Crippen molar-refractivity contribution < 1.29 is 9.72 Å². The first-order chi connectivity index (χ1) is 16.0. The number of carbonyl (C=O) groups is 1. The quantitative estimate of drug-likeness (QED) is 0.336. The molecule has 1 amide bonds. The molecule has 2 heterocycles. The molecule has 1 aromatic heterocycles. The van der Waals surface area contributed by atoms with Crippen LogP contribution in [0.4, 0.5) is 11.4 Å². The standard InChI is InChI=1S/C24H18N4O4S/c29-23(13-26-15-25-19-11-10-17(28(31)32)12-18(19)24(26)30)27-20-8-4-5-9-22(20)33-14-21(27)16-6-2-1-3-7-16/h1-12,15,21H,13-14H2/t21-/m1/s1. The van der Waals surface area contributed by atoms with Gasteiger partial charge >= 0.3 is 0 Å². The maximum Gasteiger partial charge on any atom is 0.270 e. The summed E-state index contributed by atoms with van der Waals surface area (Å²) in [6.45, 7) is -0.229. The number of para-hydroxylation sites is 1. The van der Waals surface area contributed by atoms with Gasteiger partial charge in [-0.2, -0.15) is 0 Å². The third-order valence-corrected chi connectivity index (χ3v) is 6.75. The van der Waals surface area contributed by atoms with Crippen LogP contribution in [-0.2, 0) is 11.3 Å². The third kappa shape index (κ3) is 3.87. The lowest BCUT2D eigenvalue weighted by Crippen LogP contribution is -2.42. The Morgan fingerprint density at radius 1 is 1.09 bits per heavy atom. The molecule has 33 heavy (non-hydrogen) atoms. The maximum absolute atomic E-state index is 13.6. The van der Waals surface area contributed by atoms with Gasteiger partial charge in [-0.15, -0.1) is 11.8 Å². The molecule has 0 aliphatic carbocycles. The molecule has 0 radical (unpaired) electrons. The van der Waals surface area contributed by atoms with Gasteiger partial charge in [-0.25, -0.2) is 4.98 Å². The Bertz CT molecular complexity index is 1440. The van der Waals surface area contributed by atoms with E-state index in [0.717, 1.165) is 16.1 Å². The van der Waals surface area contributed by atoms with E-state index in [2.05, 4.69) is 4.98 Å². The summed E-state index contributed by atoms with van der Waals surface area (Å²) in [5.41, 5.74) is 1.46. The van der Waals surface area contributed by atoms with Crippen molar-refractivity contribution >= 4 is 39.9 Å². The van der Waals surface area contributed by atoms with E-state index in [1.54, 1.807) is 16.7 Å². The molecule has 5 rings (SSSR count). The van der Waals surface area contributed by atoms with Crippen molar-refractivity contribution in [2.75, 3.05) is 10.7 Å². The number of hydrogen-bond acceptors (Lipinski definition) is 6. The molecular formula is C24H18N4O4S. The third-order valence-electron chi connectivity index (χ3n) is 5.61. The molecule has 0 saturated carbocycles. The average Bonchev–Trinajstić information content (AvgIpc) is 2.85. The molecule has 0 saturated heterocycles. The van der Waals surface area contributed by atoms with Crippen LogP contribution < -0.4 is 10.5 Å². The fourth-order valence-electron chi connectivity index (χ4n) is 4.01. The SMILES string of the molecule is O=C(Cn1cnc2ccc([N+](=O)[O-])cc2c1=O)N1c2ccccc2SC[C@@H]1c1ccccc1. The highest BCUT2D eigenvalue weighted by atomic mass is 32.2. The van der Waals surface area contributed by atoms with Crippen molar-refractivity contribution in [3.63, 3.8) is 0 Å². The second kappa shape index (κ2) is 8.51. The van der Waals surface area contributed by atoms with Gasteiger partial charge in [-0.3, -0.25) is 24.3 Å². The number of fused-ring (bicyclic) bond motifs is 2. The Kier molecular flexibility index (Phi) is 5.39. The van der Waals surface area contributed by atoms with Gasteiger partial charge in [0.2, 0.25) is 5.91 Å². The predicted molar refractivity (Wildman–Crippen MR) is 126 cm³/mol. The number of hydrogen-bond donors (Lipinski definition) is 0. The molecule has 1 aliphatic rings. The summed E-state index contributed by atoms with van der Waals surface area (Å²) < 4.78 is 1.21. The van der Waals surface area contributed by atoms with Crippen LogP contribution in [-0.4, -0.2) is 26.1 Å². The molecule has 164 valence electrons. The molecule has 3 aromatic carbocycles. The van der Waals surface area contributed by atoms with Crippen molar-refractivity contribution in [3.05, 3.63) is 105 Å². The number of anilines is 1. The van der Waals surface area contributed by atoms with E-state index in [1.165, 1.54) is 29.1 Å². The van der Waals surface area contributed by atoms with E-state index in [4.69, 9.17) is 0 Å².